The van der Waals surface area contributed by atoms with E-state index >= 15 is 0 Å². The Hall–Kier alpha value is -0.880. The van der Waals surface area contributed by atoms with Gasteiger partial charge in [0, 0.05) is 37.1 Å². The highest BCUT2D eigenvalue weighted by atomic mass is 35.5. The fourth-order valence-electron chi connectivity index (χ4n) is 2.43. The number of amides is 1. The van der Waals surface area contributed by atoms with E-state index in [2.05, 4.69) is 5.32 Å². The minimum Gasteiger partial charge on any atom is -0.495 e. The van der Waals surface area contributed by atoms with Crippen LogP contribution in [0.5, 0.6) is 5.75 Å². The summed E-state index contributed by atoms with van der Waals surface area (Å²) >= 11 is 5.97. The quantitative estimate of drug-likeness (QED) is 0.819. The van der Waals surface area contributed by atoms with E-state index < -0.39 is 0 Å². The van der Waals surface area contributed by atoms with Crippen molar-refractivity contribution in [2.24, 2.45) is 5.73 Å². The van der Waals surface area contributed by atoms with Crippen LogP contribution in [-0.4, -0.2) is 43.6 Å². The first-order valence-corrected chi connectivity index (χ1v) is 7.58. The molecule has 0 aliphatic carbocycles. The van der Waals surface area contributed by atoms with Crippen molar-refractivity contribution in [3.63, 3.8) is 0 Å². The van der Waals surface area contributed by atoms with Crippen LogP contribution in [0.2, 0.25) is 5.02 Å². The molecule has 132 valence electrons. The lowest BCUT2D eigenvalue weighted by atomic mass is 10.1. The number of piperidine rings is 1. The number of nitrogens with two attached hydrogens (primary N) is 1. The van der Waals surface area contributed by atoms with Gasteiger partial charge in [0.05, 0.1) is 12.8 Å². The second-order valence-electron chi connectivity index (χ2n) is 5.24. The van der Waals surface area contributed by atoms with Crippen molar-refractivity contribution in [2.75, 3.05) is 32.1 Å². The number of hydrogen-bond acceptors (Lipinski definition) is 4. The Morgan fingerprint density at radius 3 is 2.65 bits per heavy atom. The summed E-state index contributed by atoms with van der Waals surface area (Å²) in [6, 6.07) is 5.61. The van der Waals surface area contributed by atoms with Crippen LogP contribution in [0.4, 0.5) is 5.69 Å². The Labute approximate surface area is 154 Å². The van der Waals surface area contributed by atoms with Crippen molar-refractivity contribution >= 4 is 48.0 Å². The first kappa shape index (κ1) is 22.1. The summed E-state index contributed by atoms with van der Waals surface area (Å²) in [6.45, 7) is 2.08. The number of methoxy groups -OCH3 is 1. The fourth-order valence-corrected chi connectivity index (χ4v) is 2.60. The summed E-state index contributed by atoms with van der Waals surface area (Å²) in [7, 11) is 1.61. The summed E-state index contributed by atoms with van der Waals surface area (Å²) in [5, 5.41) is 3.84. The van der Waals surface area contributed by atoms with Crippen molar-refractivity contribution in [3.05, 3.63) is 23.2 Å². The highest BCUT2D eigenvalue weighted by Crippen LogP contribution is 2.27. The Bertz CT molecular complexity index is 495. The number of likely N-dealkylation sites (tertiary alicyclic amines) is 1. The number of hydrogen-bond donors (Lipinski definition) is 2. The number of rotatable bonds is 5. The summed E-state index contributed by atoms with van der Waals surface area (Å²) in [5.41, 5.74) is 6.65. The molecule has 1 aromatic carbocycles. The maximum Gasteiger partial charge on any atom is 0.224 e. The molecule has 1 aliphatic rings. The van der Waals surface area contributed by atoms with E-state index in [4.69, 9.17) is 22.1 Å². The van der Waals surface area contributed by atoms with E-state index in [0.29, 0.717) is 18.0 Å². The van der Waals surface area contributed by atoms with Gasteiger partial charge in [-0.05, 0) is 31.0 Å². The number of benzene rings is 1. The zero-order valence-electron chi connectivity index (χ0n) is 13.1. The molecule has 2 rings (SSSR count). The van der Waals surface area contributed by atoms with Gasteiger partial charge in [-0.1, -0.05) is 11.6 Å². The van der Waals surface area contributed by atoms with Gasteiger partial charge in [-0.2, -0.15) is 0 Å². The van der Waals surface area contributed by atoms with E-state index in [-0.39, 0.29) is 36.8 Å². The van der Waals surface area contributed by atoms with E-state index in [9.17, 15) is 4.79 Å². The van der Waals surface area contributed by atoms with Gasteiger partial charge in [-0.15, -0.1) is 24.8 Å². The number of carbonyl (C=O) groups is 1. The van der Waals surface area contributed by atoms with Crippen molar-refractivity contribution in [3.8, 4) is 5.75 Å². The third-order valence-corrected chi connectivity index (χ3v) is 3.94. The highest BCUT2D eigenvalue weighted by molar-refractivity contribution is 6.30. The average Bonchev–Trinajstić information content (AvgIpc) is 2.48. The van der Waals surface area contributed by atoms with E-state index in [1.807, 2.05) is 4.90 Å². The Morgan fingerprint density at radius 2 is 2.04 bits per heavy atom. The zero-order valence-corrected chi connectivity index (χ0v) is 15.5. The first-order valence-electron chi connectivity index (χ1n) is 7.21. The lowest BCUT2D eigenvalue weighted by Crippen LogP contribution is -2.43. The third kappa shape index (κ3) is 6.63. The Kier molecular flexibility index (Phi) is 10.4. The minimum atomic E-state index is 0. The maximum absolute atomic E-state index is 12.1. The number of nitrogens with one attached hydrogen (secondary N) is 1. The summed E-state index contributed by atoms with van der Waals surface area (Å²) in [5.74, 6) is 0.881. The Morgan fingerprint density at radius 1 is 1.39 bits per heavy atom. The van der Waals surface area contributed by atoms with Crippen LogP contribution < -0.4 is 15.8 Å². The average molecular weight is 385 g/mol. The number of nitrogens with zero attached hydrogens (tertiary/aromatic N) is 1. The van der Waals surface area contributed by atoms with Gasteiger partial charge in [0.2, 0.25) is 5.91 Å². The number of carbonyl (C=O) groups excluding carboxylic acids is 1. The summed E-state index contributed by atoms with van der Waals surface area (Å²) in [4.78, 5) is 14.0. The third-order valence-electron chi connectivity index (χ3n) is 3.71. The van der Waals surface area contributed by atoms with E-state index in [0.717, 1.165) is 37.4 Å². The number of anilines is 1. The normalized spacial score (nSPS) is 14.5. The zero-order chi connectivity index (χ0) is 15.2. The molecule has 0 bridgehead atoms. The van der Waals surface area contributed by atoms with E-state index in [1.54, 1.807) is 25.3 Å². The van der Waals surface area contributed by atoms with Crippen molar-refractivity contribution in [1.29, 1.82) is 0 Å². The minimum absolute atomic E-state index is 0. The van der Waals surface area contributed by atoms with Crippen LogP contribution in [-0.2, 0) is 4.79 Å². The van der Waals surface area contributed by atoms with Gasteiger partial charge in [-0.3, -0.25) is 4.79 Å². The van der Waals surface area contributed by atoms with Crippen LogP contribution in [0.25, 0.3) is 0 Å². The van der Waals surface area contributed by atoms with Gasteiger partial charge < -0.3 is 20.7 Å². The van der Waals surface area contributed by atoms with Crippen molar-refractivity contribution < 1.29 is 9.53 Å². The monoisotopic (exact) mass is 383 g/mol. The molecule has 1 amide bonds. The molecule has 1 aromatic rings. The van der Waals surface area contributed by atoms with Crippen LogP contribution in [0.15, 0.2) is 18.2 Å². The van der Waals surface area contributed by atoms with Gasteiger partial charge in [-0.25, -0.2) is 0 Å². The molecule has 1 saturated heterocycles. The van der Waals surface area contributed by atoms with E-state index in [1.165, 1.54) is 0 Å². The lowest BCUT2D eigenvalue weighted by molar-refractivity contribution is -0.131. The molecule has 0 radical (unpaired) electrons. The molecule has 0 saturated carbocycles. The second kappa shape index (κ2) is 10.8. The molecule has 0 unspecified atom stereocenters. The van der Waals surface area contributed by atoms with Gasteiger partial charge in [0.15, 0.2) is 0 Å². The molecule has 5 nitrogen and oxygen atoms in total. The fraction of sp³-hybridized carbons (Fsp3) is 0.533. The molecule has 1 heterocycles. The molecule has 3 N–H and O–H groups in total. The molecule has 23 heavy (non-hydrogen) atoms. The topological polar surface area (TPSA) is 67.6 Å². The molecule has 0 spiro atoms. The van der Waals surface area contributed by atoms with Crippen molar-refractivity contribution in [1.82, 2.24) is 4.90 Å². The molecule has 1 aliphatic heterocycles. The molecule has 0 aromatic heterocycles. The maximum atomic E-state index is 12.1. The molecule has 8 heteroatoms. The predicted molar refractivity (Wildman–Crippen MR) is 99.4 cm³/mol. The molecule has 1 fully saturated rings. The highest BCUT2D eigenvalue weighted by Gasteiger charge is 2.20. The van der Waals surface area contributed by atoms with Crippen molar-refractivity contribution in [2.45, 2.75) is 25.3 Å². The van der Waals surface area contributed by atoms with Gasteiger partial charge in [0.1, 0.15) is 5.75 Å². The van der Waals surface area contributed by atoms with Gasteiger partial charge in [0.25, 0.3) is 0 Å². The van der Waals surface area contributed by atoms with Crippen LogP contribution >= 0.6 is 36.4 Å². The lowest BCUT2D eigenvalue weighted by Gasteiger charge is -2.30. The Balaban J connectivity index is 0.00000242. The SMILES string of the molecule is COc1ccc(Cl)cc1NCCC(=O)N1CCC(N)CC1.Cl.Cl. The number of ether oxygens (including phenoxy) is 1. The molecule has 0 atom stereocenters. The smallest absolute Gasteiger partial charge is 0.224 e. The second-order valence-corrected chi connectivity index (χ2v) is 5.68. The molecular weight excluding hydrogens is 361 g/mol. The van der Waals surface area contributed by atoms with Crippen LogP contribution in [0.3, 0.4) is 0 Å². The molecular formula is C15H24Cl3N3O2. The van der Waals surface area contributed by atoms with Gasteiger partial charge >= 0.3 is 0 Å². The summed E-state index contributed by atoms with van der Waals surface area (Å²) in [6.07, 6.45) is 2.23. The van der Waals surface area contributed by atoms with Crippen LogP contribution in [0.1, 0.15) is 19.3 Å². The summed E-state index contributed by atoms with van der Waals surface area (Å²) < 4.78 is 5.26. The standard InChI is InChI=1S/C15H22ClN3O2.2ClH/c1-21-14-3-2-11(16)10-13(14)18-7-4-15(20)19-8-5-12(17)6-9-19;;/h2-3,10,12,18H,4-9,17H2,1H3;2*1H. The largest absolute Gasteiger partial charge is 0.495 e. The number of halogens is 3. The van der Waals surface area contributed by atoms with Crippen LogP contribution in [0, 0.1) is 0 Å². The predicted octanol–water partition coefficient (Wildman–Crippen LogP) is 2.94. The first-order chi connectivity index (χ1) is 10.1.